The van der Waals surface area contributed by atoms with Crippen LogP contribution in [0.25, 0.3) is 0 Å². The number of aliphatic hydroxyl groups is 1. The summed E-state index contributed by atoms with van der Waals surface area (Å²) in [5.41, 5.74) is 12.2. The summed E-state index contributed by atoms with van der Waals surface area (Å²) >= 11 is 0. The summed E-state index contributed by atoms with van der Waals surface area (Å²) in [7, 11) is 0. The van der Waals surface area contributed by atoms with E-state index in [-0.39, 0.29) is 5.96 Å². The maximum Gasteiger partial charge on any atom is 0.230 e. The lowest BCUT2D eigenvalue weighted by Gasteiger charge is -2.24. The first kappa shape index (κ1) is 30.0. The van der Waals surface area contributed by atoms with Crippen LogP contribution in [0.1, 0.15) is 117 Å². The minimum atomic E-state index is -0.880. The largest absolute Gasteiger partial charge is 0.372 e. The molecule has 1 aromatic rings. The van der Waals surface area contributed by atoms with Crippen molar-refractivity contribution < 1.29 is 5.11 Å². The summed E-state index contributed by atoms with van der Waals surface area (Å²) in [4.78, 5) is 10.4. The van der Waals surface area contributed by atoms with Crippen molar-refractivity contribution in [2.75, 3.05) is 11.4 Å². The molecular weight excluding hydrogens is 422 g/mol. The van der Waals surface area contributed by atoms with E-state index in [0.29, 0.717) is 5.96 Å². The zero-order valence-electron chi connectivity index (χ0n) is 21.9. The number of aliphatic hydroxyl groups excluding tert-OH is 1. The van der Waals surface area contributed by atoms with Crippen LogP contribution in [-0.4, -0.2) is 29.8 Å². The molecule has 1 aromatic carbocycles. The third-order valence-corrected chi connectivity index (χ3v) is 6.08. The molecule has 0 saturated carbocycles. The van der Waals surface area contributed by atoms with Crippen LogP contribution in [0, 0.1) is 0 Å². The summed E-state index contributed by atoms with van der Waals surface area (Å²) in [5.74, 6) is 0.287. The SMILES string of the molecule is CCCCCCCCCCCCCCCCCCN(C(N=C(N)N)=NC(C)O)c1ccccc1. The molecule has 1 atom stereocenters. The highest BCUT2D eigenvalue weighted by Crippen LogP contribution is 2.18. The smallest absolute Gasteiger partial charge is 0.230 e. The van der Waals surface area contributed by atoms with E-state index < -0.39 is 6.23 Å². The quantitative estimate of drug-likeness (QED) is 0.118. The number of hydrogen-bond donors (Lipinski definition) is 3. The molecule has 0 radical (unpaired) electrons. The average molecular weight is 474 g/mol. The Kier molecular flexibility index (Phi) is 17.9. The molecule has 194 valence electrons. The van der Waals surface area contributed by atoms with E-state index in [0.717, 1.165) is 25.1 Å². The molecule has 1 unspecified atom stereocenters. The van der Waals surface area contributed by atoms with Gasteiger partial charge >= 0.3 is 0 Å². The number of aliphatic imine (C=N–C) groups is 2. The second kappa shape index (κ2) is 20.3. The van der Waals surface area contributed by atoms with Gasteiger partial charge < -0.3 is 21.5 Å². The number of benzene rings is 1. The van der Waals surface area contributed by atoms with Gasteiger partial charge in [0.1, 0.15) is 6.23 Å². The van der Waals surface area contributed by atoms with Gasteiger partial charge in [-0.15, -0.1) is 0 Å². The predicted octanol–water partition coefficient (Wildman–Crippen LogP) is 6.72. The van der Waals surface area contributed by atoms with Crippen molar-refractivity contribution in [1.29, 1.82) is 0 Å². The van der Waals surface area contributed by atoms with Crippen molar-refractivity contribution in [1.82, 2.24) is 0 Å². The van der Waals surface area contributed by atoms with Crippen molar-refractivity contribution in [2.45, 2.75) is 123 Å². The second-order valence-electron chi connectivity index (χ2n) is 9.39. The van der Waals surface area contributed by atoms with Gasteiger partial charge in [-0.25, -0.2) is 4.99 Å². The molecule has 0 saturated heterocycles. The van der Waals surface area contributed by atoms with Crippen LogP contribution in [0.2, 0.25) is 0 Å². The van der Waals surface area contributed by atoms with Gasteiger partial charge in [0.2, 0.25) is 5.96 Å². The van der Waals surface area contributed by atoms with Crippen molar-refractivity contribution in [3.8, 4) is 0 Å². The standard InChI is InChI=1S/C28H51N5O/c1-3-4-5-6-7-8-9-10-11-12-13-14-15-16-17-21-24-33(26-22-19-18-20-23-26)28(31-25(2)34)32-27(29)30/h18-20,22-23,25,34H,3-17,21,24H2,1-2H3,(H4,29,30,31,32). The zero-order valence-corrected chi connectivity index (χ0v) is 21.9. The average Bonchev–Trinajstić information content (AvgIpc) is 2.81. The Labute approximate surface area is 208 Å². The van der Waals surface area contributed by atoms with Crippen molar-refractivity contribution in [2.24, 2.45) is 21.5 Å². The van der Waals surface area contributed by atoms with Crippen LogP contribution < -0.4 is 16.4 Å². The van der Waals surface area contributed by atoms with Crippen molar-refractivity contribution in [3.63, 3.8) is 0 Å². The van der Waals surface area contributed by atoms with Crippen LogP contribution in [-0.2, 0) is 0 Å². The Morgan fingerprint density at radius 2 is 1.21 bits per heavy atom. The molecule has 6 heteroatoms. The van der Waals surface area contributed by atoms with E-state index in [4.69, 9.17) is 11.5 Å². The van der Waals surface area contributed by atoms with Gasteiger partial charge in [-0.2, -0.15) is 4.99 Å². The fourth-order valence-electron chi connectivity index (χ4n) is 4.21. The van der Waals surface area contributed by atoms with E-state index >= 15 is 0 Å². The molecular formula is C28H51N5O. The lowest BCUT2D eigenvalue weighted by atomic mass is 10.0. The molecule has 34 heavy (non-hydrogen) atoms. The highest BCUT2D eigenvalue weighted by Gasteiger charge is 2.14. The molecule has 0 aliphatic carbocycles. The van der Waals surface area contributed by atoms with Gasteiger partial charge in [0.05, 0.1) is 0 Å². The van der Waals surface area contributed by atoms with Crippen molar-refractivity contribution >= 4 is 17.6 Å². The fourth-order valence-corrected chi connectivity index (χ4v) is 4.21. The summed E-state index contributed by atoms with van der Waals surface area (Å²) in [6.45, 7) is 4.63. The number of para-hydroxylation sites is 1. The number of unbranched alkanes of at least 4 members (excludes halogenated alkanes) is 15. The monoisotopic (exact) mass is 473 g/mol. The third kappa shape index (κ3) is 15.7. The fraction of sp³-hybridized carbons (Fsp3) is 0.714. The zero-order chi connectivity index (χ0) is 24.9. The normalized spacial score (nSPS) is 12.5. The third-order valence-electron chi connectivity index (χ3n) is 6.08. The number of nitrogens with zero attached hydrogens (tertiary/aromatic N) is 3. The second-order valence-corrected chi connectivity index (χ2v) is 9.39. The maximum atomic E-state index is 9.78. The van der Waals surface area contributed by atoms with Gasteiger partial charge in [0.25, 0.3) is 0 Å². The molecule has 0 heterocycles. The molecule has 0 aliphatic rings. The Morgan fingerprint density at radius 1 is 0.765 bits per heavy atom. The number of anilines is 1. The summed E-state index contributed by atoms with van der Waals surface area (Å²) in [5, 5.41) is 9.78. The Bertz CT molecular complexity index is 656. The molecule has 0 bridgehead atoms. The van der Waals surface area contributed by atoms with Gasteiger partial charge in [-0.1, -0.05) is 121 Å². The maximum absolute atomic E-state index is 9.78. The Balaban J connectivity index is 2.23. The topological polar surface area (TPSA) is 100 Å². The molecule has 0 amide bonds. The van der Waals surface area contributed by atoms with Crippen LogP contribution in [0.15, 0.2) is 40.3 Å². The van der Waals surface area contributed by atoms with Gasteiger partial charge in [-0.3, -0.25) is 0 Å². The van der Waals surface area contributed by atoms with Crippen LogP contribution in [0.5, 0.6) is 0 Å². The molecule has 0 aromatic heterocycles. The number of guanidine groups is 2. The first-order valence-corrected chi connectivity index (χ1v) is 13.7. The van der Waals surface area contributed by atoms with Gasteiger partial charge in [0, 0.05) is 12.2 Å². The van der Waals surface area contributed by atoms with E-state index in [1.54, 1.807) is 6.92 Å². The van der Waals surface area contributed by atoms with Gasteiger partial charge in [-0.05, 0) is 25.5 Å². The first-order valence-electron chi connectivity index (χ1n) is 13.7. The lowest BCUT2D eigenvalue weighted by Crippen LogP contribution is -2.35. The van der Waals surface area contributed by atoms with E-state index in [1.165, 1.54) is 89.9 Å². The molecule has 5 N–H and O–H groups in total. The minimum Gasteiger partial charge on any atom is -0.372 e. The summed E-state index contributed by atoms with van der Waals surface area (Å²) < 4.78 is 0. The number of nitrogens with two attached hydrogens (primary N) is 2. The van der Waals surface area contributed by atoms with Crippen LogP contribution in [0.4, 0.5) is 5.69 Å². The summed E-state index contributed by atoms with van der Waals surface area (Å²) in [6, 6.07) is 9.94. The lowest BCUT2D eigenvalue weighted by molar-refractivity contribution is 0.205. The molecule has 1 rings (SSSR count). The predicted molar refractivity (Wildman–Crippen MR) is 148 cm³/mol. The summed E-state index contributed by atoms with van der Waals surface area (Å²) in [6.07, 6.45) is 20.6. The molecule has 0 fully saturated rings. The Hall–Kier alpha value is -2.08. The highest BCUT2D eigenvalue weighted by molar-refractivity contribution is 6.03. The molecule has 0 aliphatic heterocycles. The van der Waals surface area contributed by atoms with Crippen LogP contribution >= 0.6 is 0 Å². The number of rotatable bonds is 19. The van der Waals surface area contributed by atoms with E-state index in [1.807, 2.05) is 35.2 Å². The van der Waals surface area contributed by atoms with Gasteiger partial charge in [0.15, 0.2) is 5.96 Å². The molecule has 0 spiro atoms. The highest BCUT2D eigenvalue weighted by atomic mass is 16.3. The first-order chi connectivity index (χ1) is 16.5. The van der Waals surface area contributed by atoms with E-state index in [2.05, 4.69) is 16.9 Å². The van der Waals surface area contributed by atoms with Crippen molar-refractivity contribution in [3.05, 3.63) is 30.3 Å². The molecule has 6 nitrogen and oxygen atoms in total. The van der Waals surface area contributed by atoms with E-state index in [9.17, 15) is 5.11 Å². The minimum absolute atomic E-state index is 0.0627. The van der Waals surface area contributed by atoms with Crippen LogP contribution in [0.3, 0.4) is 0 Å². The number of hydrogen-bond acceptors (Lipinski definition) is 2. The Morgan fingerprint density at radius 3 is 1.62 bits per heavy atom.